The van der Waals surface area contributed by atoms with Crippen LogP contribution in [0, 0.1) is 0 Å². The van der Waals surface area contributed by atoms with Gasteiger partial charge in [-0.2, -0.15) is 9.30 Å². The Kier molecular flexibility index (Phi) is 5.49. The number of carbonyl (C=O) groups excluding carboxylic acids is 2. The molecule has 0 aromatic heterocycles. The zero-order valence-electron chi connectivity index (χ0n) is 12.6. The molecule has 0 N–H and O–H groups in total. The van der Waals surface area contributed by atoms with E-state index in [1.54, 1.807) is 6.92 Å². The van der Waals surface area contributed by atoms with Crippen LogP contribution < -0.4 is 0 Å². The second kappa shape index (κ2) is 7.36. The lowest BCUT2D eigenvalue weighted by Crippen LogP contribution is -2.50. The van der Waals surface area contributed by atoms with Crippen molar-refractivity contribution in [2.45, 2.75) is 11.8 Å². The summed E-state index contributed by atoms with van der Waals surface area (Å²) in [5.74, 6) is 0. The molecule has 1 aliphatic heterocycles. The molecule has 1 aromatic carbocycles. The molecule has 0 radical (unpaired) electrons. The van der Waals surface area contributed by atoms with Crippen LogP contribution >= 0.6 is 0 Å². The molecule has 0 unspecified atom stereocenters. The molecular weight excluding hydrogens is 322 g/mol. The molecule has 0 bridgehead atoms. The van der Waals surface area contributed by atoms with Gasteiger partial charge >= 0.3 is 6.09 Å². The van der Waals surface area contributed by atoms with Crippen LogP contribution in [-0.2, 0) is 19.6 Å². The van der Waals surface area contributed by atoms with E-state index in [0.29, 0.717) is 5.69 Å². The van der Waals surface area contributed by atoms with Gasteiger partial charge < -0.3 is 9.64 Å². The van der Waals surface area contributed by atoms with Crippen molar-refractivity contribution in [1.82, 2.24) is 9.21 Å². The summed E-state index contributed by atoms with van der Waals surface area (Å²) in [5.41, 5.74) is 0.339. The molecule has 9 heteroatoms. The molecule has 1 heterocycles. The maximum Gasteiger partial charge on any atom is 0.409 e. The fourth-order valence-electron chi connectivity index (χ4n) is 2.22. The summed E-state index contributed by atoms with van der Waals surface area (Å²) in [4.78, 5) is 26.8. The highest BCUT2D eigenvalue weighted by molar-refractivity contribution is 7.89. The third kappa shape index (κ3) is 3.95. The van der Waals surface area contributed by atoms with Gasteiger partial charge in [-0.25, -0.2) is 18.0 Å². The second-order valence-electron chi connectivity index (χ2n) is 4.79. The lowest BCUT2D eigenvalue weighted by molar-refractivity contribution is 0.0934. The molecule has 2 rings (SSSR count). The largest absolute Gasteiger partial charge is 0.450 e. The van der Waals surface area contributed by atoms with Crippen molar-refractivity contribution >= 4 is 27.9 Å². The van der Waals surface area contributed by atoms with Crippen LogP contribution in [0.5, 0.6) is 0 Å². The Morgan fingerprint density at radius 1 is 1.22 bits per heavy atom. The molecule has 1 aliphatic rings. The molecule has 124 valence electrons. The molecule has 23 heavy (non-hydrogen) atoms. The van der Waals surface area contributed by atoms with Crippen LogP contribution in [0.15, 0.2) is 34.2 Å². The maximum atomic E-state index is 12.5. The number of benzene rings is 1. The van der Waals surface area contributed by atoms with Crippen molar-refractivity contribution in [3.8, 4) is 0 Å². The number of rotatable bonds is 4. The number of hydrogen-bond acceptors (Lipinski definition) is 6. The van der Waals surface area contributed by atoms with E-state index in [1.807, 2.05) is 0 Å². The number of nitrogens with zero attached hydrogens (tertiary/aromatic N) is 3. The summed E-state index contributed by atoms with van der Waals surface area (Å²) in [6.45, 7) is 2.98. The Morgan fingerprint density at radius 2 is 1.83 bits per heavy atom. The monoisotopic (exact) mass is 339 g/mol. The number of carbonyl (C=O) groups is 1. The Morgan fingerprint density at radius 3 is 2.35 bits per heavy atom. The van der Waals surface area contributed by atoms with Crippen LogP contribution in [0.1, 0.15) is 6.92 Å². The predicted molar refractivity (Wildman–Crippen MR) is 81.6 cm³/mol. The highest BCUT2D eigenvalue weighted by Gasteiger charge is 2.30. The minimum Gasteiger partial charge on any atom is -0.450 e. The zero-order chi connectivity index (χ0) is 16.9. The normalized spacial score (nSPS) is 15.8. The first-order valence-electron chi connectivity index (χ1n) is 7.09. The Balaban J connectivity index is 2.06. The minimum atomic E-state index is -3.64. The summed E-state index contributed by atoms with van der Waals surface area (Å²) in [7, 11) is -3.64. The van der Waals surface area contributed by atoms with Crippen molar-refractivity contribution in [1.29, 1.82) is 0 Å². The summed E-state index contributed by atoms with van der Waals surface area (Å²) >= 11 is 0. The smallest absolute Gasteiger partial charge is 0.409 e. The SMILES string of the molecule is CCOC(=O)N1CCN(S(=O)(=O)c2ccc(N=C=O)cc2)CC1. The van der Waals surface area contributed by atoms with Crippen molar-refractivity contribution in [2.75, 3.05) is 32.8 Å². The molecule has 1 fully saturated rings. The fourth-order valence-corrected chi connectivity index (χ4v) is 3.64. The number of isocyanates is 1. The molecule has 8 nitrogen and oxygen atoms in total. The average molecular weight is 339 g/mol. The van der Waals surface area contributed by atoms with E-state index in [-0.39, 0.29) is 37.7 Å². The molecule has 1 aromatic rings. The van der Waals surface area contributed by atoms with Gasteiger partial charge in [0, 0.05) is 26.2 Å². The van der Waals surface area contributed by atoms with E-state index in [4.69, 9.17) is 4.74 Å². The number of sulfonamides is 1. The van der Waals surface area contributed by atoms with Crippen molar-refractivity contribution < 1.29 is 22.7 Å². The first-order valence-corrected chi connectivity index (χ1v) is 8.53. The molecule has 0 spiro atoms. The molecule has 0 saturated carbocycles. The van der Waals surface area contributed by atoms with Crippen LogP contribution in [0.3, 0.4) is 0 Å². The Hall–Kier alpha value is -2.22. The van der Waals surface area contributed by atoms with Gasteiger partial charge in [0.1, 0.15) is 0 Å². The predicted octanol–water partition coefficient (Wildman–Crippen LogP) is 1.12. The van der Waals surface area contributed by atoms with Gasteiger partial charge in [-0.05, 0) is 31.2 Å². The van der Waals surface area contributed by atoms with E-state index in [0.717, 1.165) is 0 Å². The van der Waals surface area contributed by atoms with E-state index in [1.165, 1.54) is 39.6 Å². The lowest BCUT2D eigenvalue weighted by Gasteiger charge is -2.33. The van der Waals surface area contributed by atoms with Gasteiger partial charge in [-0.1, -0.05) is 0 Å². The number of piperazine rings is 1. The van der Waals surface area contributed by atoms with Crippen molar-refractivity contribution in [3.63, 3.8) is 0 Å². The quantitative estimate of drug-likeness (QED) is 0.605. The van der Waals surface area contributed by atoms with Gasteiger partial charge in [0.15, 0.2) is 0 Å². The van der Waals surface area contributed by atoms with Crippen LogP contribution in [-0.4, -0.2) is 62.6 Å². The van der Waals surface area contributed by atoms with Crippen molar-refractivity contribution in [2.24, 2.45) is 4.99 Å². The maximum absolute atomic E-state index is 12.5. The average Bonchev–Trinajstić information content (AvgIpc) is 2.56. The van der Waals surface area contributed by atoms with Gasteiger partial charge in [0.2, 0.25) is 16.1 Å². The molecule has 0 aliphatic carbocycles. The summed E-state index contributed by atoms with van der Waals surface area (Å²) in [6, 6.07) is 5.66. The molecule has 1 amide bonds. The number of aliphatic imine (C=N–C) groups is 1. The fraction of sp³-hybridized carbons (Fsp3) is 0.429. The molecule has 0 atom stereocenters. The minimum absolute atomic E-state index is 0.118. The first-order chi connectivity index (χ1) is 11.0. The first kappa shape index (κ1) is 17.1. The number of hydrogen-bond donors (Lipinski definition) is 0. The van der Waals surface area contributed by atoms with Gasteiger partial charge in [0.05, 0.1) is 17.2 Å². The third-order valence-electron chi connectivity index (χ3n) is 3.41. The summed E-state index contributed by atoms with van der Waals surface area (Å²) in [5, 5.41) is 0. The summed E-state index contributed by atoms with van der Waals surface area (Å²) < 4.78 is 31.3. The van der Waals surface area contributed by atoms with Gasteiger partial charge in [-0.15, -0.1) is 0 Å². The van der Waals surface area contributed by atoms with E-state index < -0.39 is 16.1 Å². The topological polar surface area (TPSA) is 96.3 Å². The van der Waals surface area contributed by atoms with E-state index in [2.05, 4.69) is 4.99 Å². The Labute approximate surface area is 134 Å². The van der Waals surface area contributed by atoms with Crippen LogP contribution in [0.25, 0.3) is 0 Å². The molecular formula is C14H17N3O5S. The third-order valence-corrected chi connectivity index (χ3v) is 5.33. The van der Waals surface area contributed by atoms with Gasteiger partial charge in [-0.3, -0.25) is 0 Å². The lowest BCUT2D eigenvalue weighted by atomic mass is 10.3. The highest BCUT2D eigenvalue weighted by atomic mass is 32.2. The zero-order valence-corrected chi connectivity index (χ0v) is 13.5. The van der Waals surface area contributed by atoms with Crippen LogP contribution in [0.2, 0.25) is 0 Å². The van der Waals surface area contributed by atoms with Gasteiger partial charge in [0.25, 0.3) is 0 Å². The van der Waals surface area contributed by atoms with E-state index in [9.17, 15) is 18.0 Å². The Bertz CT molecular complexity index is 702. The molecule has 1 saturated heterocycles. The number of ether oxygens (including phenoxy) is 1. The second-order valence-corrected chi connectivity index (χ2v) is 6.72. The number of amides is 1. The van der Waals surface area contributed by atoms with E-state index >= 15 is 0 Å². The van der Waals surface area contributed by atoms with Crippen LogP contribution in [0.4, 0.5) is 10.5 Å². The highest BCUT2D eigenvalue weighted by Crippen LogP contribution is 2.21. The summed E-state index contributed by atoms with van der Waals surface area (Å²) in [6.07, 6.45) is 0.967. The van der Waals surface area contributed by atoms with Crippen molar-refractivity contribution in [3.05, 3.63) is 24.3 Å². The standard InChI is InChI=1S/C14H17N3O5S/c1-2-22-14(19)16-7-9-17(10-8-16)23(20,21)13-5-3-12(4-6-13)15-11-18/h3-6H,2,7-10H2,1H3.